The summed E-state index contributed by atoms with van der Waals surface area (Å²) in [6, 6.07) is 5.78. The topological polar surface area (TPSA) is 173 Å². The molecule has 2 aliphatic heterocycles. The van der Waals surface area contributed by atoms with Crippen LogP contribution in [-0.2, 0) is 47.6 Å². The van der Waals surface area contributed by atoms with Gasteiger partial charge in [-0.2, -0.15) is 0 Å². The Labute approximate surface area is 330 Å². The van der Waals surface area contributed by atoms with Crippen molar-refractivity contribution >= 4 is 35.9 Å². The lowest BCUT2D eigenvalue weighted by molar-refractivity contribution is -0.190. The molecule has 5 atom stereocenters. The van der Waals surface area contributed by atoms with Gasteiger partial charge in [-0.25, -0.2) is 14.4 Å². The lowest BCUT2D eigenvalue weighted by Gasteiger charge is -2.31. The molecule has 0 saturated carbocycles. The van der Waals surface area contributed by atoms with Crippen LogP contribution in [0.15, 0.2) is 42.0 Å². The largest absolute Gasteiger partial charge is 0.462 e. The summed E-state index contributed by atoms with van der Waals surface area (Å²) in [5.41, 5.74) is -0.284. The van der Waals surface area contributed by atoms with Crippen LogP contribution in [0, 0.1) is 5.41 Å². The van der Waals surface area contributed by atoms with E-state index in [0.717, 1.165) is 38.5 Å². The summed E-state index contributed by atoms with van der Waals surface area (Å²) in [7, 11) is 0. The molecule has 1 aliphatic carbocycles. The van der Waals surface area contributed by atoms with Crippen molar-refractivity contribution in [3.8, 4) is 0 Å². The number of benzene rings is 1. The zero-order valence-corrected chi connectivity index (χ0v) is 34.1. The molecule has 0 aromatic heterocycles. The molecule has 4 rings (SSSR count). The number of ether oxygens (including phenoxy) is 6. The number of fused-ring (bicyclic) bond motifs is 1. The maximum absolute atomic E-state index is 13.8. The standard InChI is InChI=1S/C43H61NO12/c1-8-10-12-21-43(22-13-11-9-2)54-33-25-30(38(48)44-31(26-45)18-20-35(47)55-41(3,4)5)24-32(36(33)56-43)52-39(49)29-16-14-15-28(23-29)17-19-34(46)53-37-40(50)51-27-42(37,6)7/h14-17,19,23,25,31-33,36-37,45H,8-13,18,20-22,24,26-27H2,1-7H3,(H,44,48)/t31-,32+,33+,36-,37-/m0/s1. The van der Waals surface area contributed by atoms with Gasteiger partial charge in [0.25, 0.3) is 0 Å². The monoisotopic (exact) mass is 783 g/mol. The van der Waals surface area contributed by atoms with Gasteiger partial charge in [0.05, 0.1) is 18.2 Å². The number of cyclic esters (lactones) is 1. The molecule has 0 spiro atoms. The second-order valence-electron chi connectivity index (χ2n) is 16.7. The first kappa shape index (κ1) is 44.6. The molecular formula is C43H61NO12. The molecule has 56 heavy (non-hydrogen) atoms. The minimum Gasteiger partial charge on any atom is -0.462 e. The van der Waals surface area contributed by atoms with Gasteiger partial charge in [0.2, 0.25) is 12.0 Å². The summed E-state index contributed by atoms with van der Waals surface area (Å²) in [6.07, 6.45) is 8.42. The molecule has 0 unspecified atom stereocenters. The molecule has 2 N–H and O–H groups in total. The van der Waals surface area contributed by atoms with Gasteiger partial charge in [0.15, 0.2) is 5.79 Å². The summed E-state index contributed by atoms with van der Waals surface area (Å²) < 4.78 is 35.3. The number of amides is 1. The molecule has 2 fully saturated rings. The van der Waals surface area contributed by atoms with E-state index in [1.807, 2.05) is 0 Å². The summed E-state index contributed by atoms with van der Waals surface area (Å²) in [5, 5.41) is 12.9. The number of carbonyl (C=O) groups excluding carboxylic acids is 5. The quantitative estimate of drug-likeness (QED) is 0.0696. The number of nitrogens with one attached hydrogen (secondary N) is 1. The molecule has 3 aliphatic rings. The van der Waals surface area contributed by atoms with Crippen molar-refractivity contribution < 1.29 is 57.5 Å². The number of aliphatic hydroxyl groups is 1. The zero-order valence-electron chi connectivity index (χ0n) is 34.1. The molecule has 1 aromatic carbocycles. The summed E-state index contributed by atoms with van der Waals surface area (Å²) in [6.45, 7) is 12.9. The van der Waals surface area contributed by atoms with E-state index in [1.54, 1.807) is 65.0 Å². The van der Waals surface area contributed by atoms with Crippen LogP contribution in [0.1, 0.15) is 135 Å². The van der Waals surface area contributed by atoms with Gasteiger partial charge in [-0.1, -0.05) is 65.5 Å². The van der Waals surface area contributed by atoms with Crippen molar-refractivity contribution in [1.29, 1.82) is 0 Å². The van der Waals surface area contributed by atoms with E-state index < -0.39 is 83.7 Å². The second-order valence-corrected chi connectivity index (χ2v) is 16.7. The second kappa shape index (κ2) is 19.9. The number of hydrogen-bond donors (Lipinski definition) is 2. The van der Waals surface area contributed by atoms with Crippen LogP contribution < -0.4 is 5.32 Å². The van der Waals surface area contributed by atoms with E-state index in [4.69, 9.17) is 28.4 Å². The maximum Gasteiger partial charge on any atom is 0.348 e. The fourth-order valence-electron chi connectivity index (χ4n) is 7.00. The average Bonchev–Trinajstić information content (AvgIpc) is 3.63. The lowest BCUT2D eigenvalue weighted by atomic mass is 9.90. The van der Waals surface area contributed by atoms with Crippen LogP contribution in [0.4, 0.5) is 0 Å². The van der Waals surface area contributed by atoms with Crippen molar-refractivity contribution in [2.75, 3.05) is 13.2 Å². The van der Waals surface area contributed by atoms with Gasteiger partial charge in [-0.3, -0.25) is 9.59 Å². The van der Waals surface area contributed by atoms with Gasteiger partial charge in [-0.05, 0) is 69.9 Å². The van der Waals surface area contributed by atoms with Gasteiger partial charge < -0.3 is 38.8 Å². The first-order valence-corrected chi connectivity index (χ1v) is 20.0. The number of carbonyl (C=O) groups is 5. The van der Waals surface area contributed by atoms with Crippen LogP contribution in [0.2, 0.25) is 0 Å². The Bertz CT molecular complexity index is 1600. The van der Waals surface area contributed by atoms with Gasteiger partial charge in [0, 0.05) is 42.7 Å². The molecule has 310 valence electrons. The van der Waals surface area contributed by atoms with Crippen LogP contribution in [-0.4, -0.2) is 90.0 Å². The first-order chi connectivity index (χ1) is 26.5. The Morgan fingerprint density at radius 1 is 1.02 bits per heavy atom. The fourth-order valence-corrected chi connectivity index (χ4v) is 7.00. The predicted octanol–water partition coefficient (Wildman–Crippen LogP) is 6.29. The van der Waals surface area contributed by atoms with Crippen LogP contribution in [0.25, 0.3) is 6.08 Å². The Morgan fingerprint density at radius 2 is 1.71 bits per heavy atom. The highest BCUT2D eigenvalue weighted by molar-refractivity contribution is 5.95. The highest BCUT2D eigenvalue weighted by Crippen LogP contribution is 2.43. The third-order valence-corrected chi connectivity index (χ3v) is 10.0. The molecule has 2 saturated heterocycles. The SMILES string of the molecule is CCCCCC1(CCCCC)O[C@@H]2[C@@H](C=C(C(=O)N[C@H](CO)CCC(=O)OC(C)(C)C)C[C@H]2OC(=O)c2cccc(C=CC(=O)O[C@H]3C(=O)OCC3(C)C)c2)O1. The third kappa shape index (κ3) is 12.7. The average molecular weight is 784 g/mol. The van der Waals surface area contributed by atoms with E-state index in [1.165, 1.54) is 12.2 Å². The molecule has 0 radical (unpaired) electrons. The lowest BCUT2D eigenvalue weighted by Crippen LogP contribution is -2.45. The smallest absolute Gasteiger partial charge is 0.348 e. The molecule has 13 heteroatoms. The Hall–Kier alpha value is -4.07. The van der Waals surface area contributed by atoms with E-state index in [9.17, 15) is 29.1 Å². The third-order valence-electron chi connectivity index (χ3n) is 10.0. The van der Waals surface area contributed by atoms with Gasteiger partial charge in [0.1, 0.15) is 30.5 Å². The summed E-state index contributed by atoms with van der Waals surface area (Å²) in [5.74, 6) is -3.79. The maximum atomic E-state index is 13.8. The van der Waals surface area contributed by atoms with Crippen LogP contribution in [0.5, 0.6) is 0 Å². The number of unbranched alkanes of at least 4 members (excludes halogenated alkanes) is 4. The fraction of sp³-hybridized carbons (Fsp3) is 0.651. The van der Waals surface area contributed by atoms with Crippen molar-refractivity contribution in [3.05, 3.63) is 53.1 Å². The van der Waals surface area contributed by atoms with Crippen molar-refractivity contribution in [2.24, 2.45) is 5.41 Å². The highest BCUT2D eigenvalue weighted by Gasteiger charge is 2.52. The molecule has 13 nitrogen and oxygen atoms in total. The normalized spacial score (nSPS) is 23.1. The van der Waals surface area contributed by atoms with Crippen LogP contribution in [0.3, 0.4) is 0 Å². The van der Waals surface area contributed by atoms with Crippen LogP contribution >= 0.6 is 0 Å². The number of rotatable bonds is 19. The highest BCUT2D eigenvalue weighted by atomic mass is 16.8. The summed E-state index contributed by atoms with van der Waals surface area (Å²) in [4.78, 5) is 64.5. The number of esters is 4. The van der Waals surface area contributed by atoms with Crippen molar-refractivity contribution in [1.82, 2.24) is 5.32 Å². The van der Waals surface area contributed by atoms with E-state index >= 15 is 0 Å². The number of aliphatic hydroxyl groups excluding tert-OH is 1. The molecular weight excluding hydrogens is 722 g/mol. The zero-order chi connectivity index (χ0) is 41.1. The Kier molecular flexibility index (Phi) is 15.8. The van der Waals surface area contributed by atoms with E-state index in [2.05, 4.69) is 19.2 Å². The predicted molar refractivity (Wildman–Crippen MR) is 207 cm³/mol. The van der Waals surface area contributed by atoms with E-state index in [0.29, 0.717) is 24.0 Å². The van der Waals surface area contributed by atoms with E-state index in [-0.39, 0.29) is 31.4 Å². The number of hydrogen-bond acceptors (Lipinski definition) is 12. The van der Waals surface area contributed by atoms with Crippen molar-refractivity contribution in [3.63, 3.8) is 0 Å². The first-order valence-electron chi connectivity index (χ1n) is 20.0. The van der Waals surface area contributed by atoms with Gasteiger partial charge >= 0.3 is 23.9 Å². The minimum absolute atomic E-state index is 0.00448. The van der Waals surface area contributed by atoms with Crippen molar-refractivity contribution in [2.45, 2.75) is 161 Å². The summed E-state index contributed by atoms with van der Waals surface area (Å²) >= 11 is 0. The Balaban J connectivity index is 1.52. The molecule has 1 aromatic rings. The minimum atomic E-state index is -1.02. The Morgan fingerprint density at radius 3 is 2.32 bits per heavy atom. The molecule has 2 heterocycles. The molecule has 1 amide bonds. The van der Waals surface area contributed by atoms with Gasteiger partial charge in [-0.15, -0.1) is 0 Å². The molecule has 0 bridgehead atoms.